The van der Waals surface area contributed by atoms with E-state index >= 15 is 0 Å². The summed E-state index contributed by atoms with van der Waals surface area (Å²) in [5.74, 6) is -1.28. The average molecular weight is 292 g/mol. The summed E-state index contributed by atoms with van der Waals surface area (Å²) in [5.41, 5.74) is 5.86. The molecule has 0 heterocycles. The van der Waals surface area contributed by atoms with Gasteiger partial charge in [-0.15, -0.1) is 0 Å². The van der Waals surface area contributed by atoms with Gasteiger partial charge >= 0.3 is 5.97 Å². The number of carbonyl (C=O) groups excluding carboxylic acids is 1. The van der Waals surface area contributed by atoms with Gasteiger partial charge in [0.1, 0.15) is 0 Å². The van der Waals surface area contributed by atoms with E-state index in [1.54, 1.807) is 6.92 Å². The molecule has 16 heavy (non-hydrogen) atoms. The van der Waals surface area contributed by atoms with Crippen molar-refractivity contribution in [1.29, 1.82) is 0 Å². The molecule has 1 aromatic rings. The molecule has 0 aliphatic carbocycles. The number of halogens is 2. The maximum Gasteiger partial charge on any atom is 0.340 e. The first-order valence-corrected chi connectivity index (χ1v) is 5.60. The number of nitrogen functional groups attached to an aromatic ring is 1. The Bertz CT molecular complexity index is 394. The van der Waals surface area contributed by atoms with Gasteiger partial charge in [-0.25, -0.2) is 9.18 Å². The lowest BCUT2D eigenvalue weighted by atomic mass is 10.1. The van der Waals surface area contributed by atoms with Crippen molar-refractivity contribution >= 4 is 27.6 Å². The van der Waals surface area contributed by atoms with Gasteiger partial charge in [-0.2, -0.15) is 0 Å². The summed E-state index contributed by atoms with van der Waals surface area (Å²) < 4.78 is 18.1. The maximum atomic E-state index is 13.4. The lowest BCUT2D eigenvalue weighted by Crippen LogP contribution is -2.08. The van der Waals surface area contributed by atoms with Crippen LogP contribution in [0.1, 0.15) is 29.8 Å². The van der Waals surface area contributed by atoms with Gasteiger partial charge in [0, 0.05) is 0 Å². The Hall–Kier alpha value is -1.10. The smallest absolute Gasteiger partial charge is 0.340 e. The predicted molar refractivity (Wildman–Crippen MR) is 65.9 cm³/mol. The van der Waals surface area contributed by atoms with Crippen LogP contribution in [0.3, 0.4) is 0 Å². The summed E-state index contributed by atoms with van der Waals surface area (Å²) in [6.45, 7) is 5.67. The lowest BCUT2D eigenvalue weighted by molar-refractivity contribution is 0.0601. The van der Waals surface area contributed by atoms with Crippen LogP contribution in [-0.2, 0) is 4.74 Å². The zero-order chi connectivity index (χ0) is 12.9. The Morgan fingerprint density at radius 1 is 1.50 bits per heavy atom. The monoisotopic (exact) mass is 291 g/mol. The molecular weight excluding hydrogens is 277 g/mol. The van der Waals surface area contributed by atoms with Gasteiger partial charge in [0.05, 0.1) is 22.8 Å². The van der Waals surface area contributed by atoms with Crippen LogP contribution in [0.2, 0.25) is 0 Å². The Balaban J connectivity index is 0.00000106. The highest BCUT2D eigenvalue weighted by Gasteiger charge is 2.17. The number of hydrogen-bond acceptors (Lipinski definition) is 3. The van der Waals surface area contributed by atoms with E-state index in [9.17, 15) is 9.18 Å². The highest BCUT2D eigenvalue weighted by Crippen LogP contribution is 2.28. The zero-order valence-electron chi connectivity index (χ0n) is 9.73. The number of anilines is 1. The molecular formula is C11H15BrFNO2. The molecule has 0 bridgehead atoms. The quantitative estimate of drug-likeness (QED) is 0.638. The van der Waals surface area contributed by atoms with E-state index in [2.05, 4.69) is 20.7 Å². The van der Waals surface area contributed by atoms with Gasteiger partial charge in [0.2, 0.25) is 0 Å². The molecule has 0 saturated heterocycles. The minimum absolute atomic E-state index is 0.0469. The third-order valence-corrected chi connectivity index (χ3v) is 2.81. The molecule has 90 valence electrons. The number of nitrogens with two attached hydrogens (primary N) is 1. The summed E-state index contributed by atoms with van der Waals surface area (Å²) in [5, 5.41) is 0. The normalized spacial score (nSPS) is 9.12. The van der Waals surface area contributed by atoms with Crippen molar-refractivity contribution in [1.82, 2.24) is 0 Å². The summed E-state index contributed by atoms with van der Waals surface area (Å²) in [6, 6.07) is 1.48. The average Bonchev–Trinajstić information content (AvgIpc) is 2.32. The molecule has 2 N–H and O–H groups in total. The van der Waals surface area contributed by atoms with Crippen LogP contribution in [0, 0.1) is 12.7 Å². The predicted octanol–water partition coefficient (Wildman–Crippen LogP) is 3.29. The molecule has 0 spiro atoms. The highest BCUT2D eigenvalue weighted by molar-refractivity contribution is 9.10. The number of esters is 1. The van der Waals surface area contributed by atoms with Crippen molar-refractivity contribution in [2.75, 3.05) is 12.8 Å². The van der Waals surface area contributed by atoms with E-state index in [4.69, 9.17) is 5.73 Å². The van der Waals surface area contributed by atoms with Crippen LogP contribution in [0.15, 0.2) is 10.5 Å². The van der Waals surface area contributed by atoms with Crippen molar-refractivity contribution in [3.63, 3.8) is 0 Å². The van der Waals surface area contributed by atoms with Crippen LogP contribution in [-0.4, -0.2) is 13.1 Å². The van der Waals surface area contributed by atoms with Gasteiger partial charge in [0.25, 0.3) is 0 Å². The van der Waals surface area contributed by atoms with Crippen molar-refractivity contribution in [2.24, 2.45) is 0 Å². The molecule has 0 aromatic heterocycles. The van der Waals surface area contributed by atoms with Crippen molar-refractivity contribution in [2.45, 2.75) is 20.8 Å². The minimum atomic E-state index is -0.642. The molecule has 0 radical (unpaired) electrons. The molecule has 5 heteroatoms. The number of methoxy groups -OCH3 is 1. The molecule has 1 aromatic carbocycles. The second-order valence-corrected chi connectivity index (χ2v) is 3.57. The first-order chi connectivity index (χ1) is 7.49. The lowest BCUT2D eigenvalue weighted by Gasteiger charge is -2.08. The second-order valence-electron chi connectivity index (χ2n) is 2.77. The summed E-state index contributed by atoms with van der Waals surface area (Å²) >= 11 is 3.03. The van der Waals surface area contributed by atoms with Gasteiger partial charge in [0.15, 0.2) is 5.82 Å². The largest absolute Gasteiger partial charge is 0.465 e. The summed E-state index contributed by atoms with van der Waals surface area (Å²) in [7, 11) is 1.22. The number of hydrogen-bond donors (Lipinski definition) is 1. The summed E-state index contributed by atoms with van der Waals surface area (Å²) in [6.07, 6.45) is 0. The topological polar surface area (TPSA) is 52.3 Å². The van der Waals surface area contributed by atoms with Crippen LogP contribution in [0.25, 0.3) is 0 Å². The molecule has 1 rings (SSSR count). The molecule has 0 saturated carbocycles. The number of aryl methyl sites for hydroxylation is 1. The molecule has 0 atom stereocenters. The van der Waals surface area contributed by atoms with Gasteiger partial charge in [-0.1, -0.05) is 13.8 Å². The fraction of sp³-hybridized carbons (Fsp3) is 0.364. The highest BCUT2D eigenvalue weighted by atomic mass is 79.9. The third-order valence-electron chi connectivity index (χ3n) is 1.83. The maximum absolute atomic E-state index is 13.4. The zero-order valence-corrected chi connectivity index (χ0v) is 11.3. The second kappa shape index (κ2) is 6.48. The van der Waals surface area contributed by atoms with E-state index in [1.807, 2.05) is 13.8 Å². The SMILES string of the molecule is CC.COC(=O)c1cc(C)c(Br)c(F)c1N. The standard InChI is InChI=1S/C9H9BrFNO2.C2H6/c1-4-3-5(9(13)14-2)8(12)7(11)6(4)10;1-2/h3H,12H2,1-2H3;1-2H3. The van der Waals surface area contributed by atoms with Crippen LogP contribution < -0.4 is 5.73 Å². The first kappa shape index (κ1) is 14.9. The van der Waals surface area contributed by atoms with Crippen LogP contribution in [0.5, 0.6) is 0 Å². The molecule has 0 aliphatic heterocycles. The van der Waals surface area contributed by atoms with Crippen molar-refractivity contribution in [3.8, 4) is 0 Å². The van der Waals surface area contributed by atoms with E-state index in [0.717, 1.165) is 0 Å². The Kier molecular flexibility index (Phi) is 6.03. The van der Waals surface area contributed by atoms with E-state index < -0.39 is 11.8 Å². The van der Waals surface area contributed by atoms with E-state index in [-0.39, 0.29) is 15.7 Å². The number of rotatable bonds is 1. The van der Waals surface area contributed by atoms with Crippen LogP contribution in [0.4, 0.5) is 10.1 Å². The van der Waals surface area contributed by atoms with Crippen molar-refractivity contribution < 1.29 is 13.9 Å². The Morgan fingerprint density at radius 2 is 2.00 bits per heavy atom. The van der Waals surface area contributed by atoms with Crippen LogP contribution >= 0.6 is 15.9 Å². The molecule has 0 amide bonds. The first-order valence-electron chi connectivity index (χ1n) is 4.81. The Morgan fingerprint density at radius 3 is 2.44 bits per heavy atom. The fourth-order valence-corrected chi connectivity index (χ4v) is 1.37. The van der Waals surface area contributed by atoms with Gasteiger partial charge in [-0.05, 0) is 34.5 Å². The number of ether oxygens (including phenoxy) is 1. The van der Waals surface area contributed by atoms with Gasteiger partial charge < -0.3 is 10.5 Å². The molecule has 0 aliphatic rings. The third kappa shape index (κ3) is 2.95. The molecule has 0 unspecified atom stereocenters. The minimum Gasteiger partial charge on any atom is -0.465 e. The fourth-order valence-electron chi connectivity index (χ4n) is 1.05. The van der Waals surface area contributed by atoms with Crippen molar-refractivity contribution in [3.05, 3.63) is 27.5 Å². The number of carbonyl (C=O) groups is 1. The van der Waals surface area contributed by atoms with E-state index in [0.29, 0.717) is 5.56 Å². The molecule has 3 nitrogen and oxygen atoms in total. The summed E-state index contributed by atoms with van der Waals surface area (Å²) in [4.78, 5) is 11.2. The number of benzene rings is 1. The molecule has 0 fully saturated rings. The Labute approximate surface area is 103 Å². The van der Waals surface area contributed by atoms with E-state index in [1.165, 1.54) is 13.2 Å². The van der Waals surface area contributed by atoms with Gasteiger partial charge in [-0.3, -0.25) is 0 Å².